The number of rotatable bonds is 2. The molecule has 1 aliphatic carbocycles. The molecule has 0 aromatic carbocycles. The van der Waals surface area contributed by atoms with Crippen LogP contribution in [0.15, 0.2) is 0 Å². The average Bonchev–Trinajstić information content (AvgIpc) is 2.54. The van der Waals surface area contributed by atoms with Gasteiger partial charge in [0.1, 0.15) is 0 Å². The number of amides is 1. The molecule has 2 heterocycles. The highest BCUT2D eigenvalue weighted by Gasteiger charge is 2.37. The Hall–Kier alpha value is -0.610. The van der Waals surface area contributed by atoms with Gasteiger partial charge in [-0.3, -0.25) is 4.79 Å². The molecule has 0 spiro atoms. The van der Waals surface area contributed by atoms with E-state index in [-0.39, 0.29) is 12.1 Å². The average molecular weight is 294 g/mol. The minimum absolute atomic E-state index is 0.0512. The van der Waals surface area contributed by atoms with Crippen LogP contribution in [0.25, 0.3) is 0 Å². The lowest BCUT2D eigenvalue weighted by Gasteiger charge is -2.43. The number of nitrogens with one attached hydrogen (secondary N) is 1. The Morgan fingerprint density at radius 3 is 2.76 bits per heavy atom. The number of carbonyl (C=O) groups is 1. The van der Waals surface area contributed by atoms with Crippen LogP contribution in [0.5, 0.6) is 0 Å². The monoisotopic (exact) mass is 294 g/mol. The largest absolute Gasteiger partial charge is 0.379 e. The summed E-state index contributed by atoms with van der Waals surface area (Å²) in [5.41, 5.74) is 0. The van der Waals surface area contributed by atoms with Gasteiger partial charge in [-0.25, -0.2) is 0 Å². The lowest BCUT2D eigenvalue weighted by atomic mass is 9.77. The van der Waals surface area contributed by atoms with Gasteiger partial charge in [-0.15, -0.1) is 0 Å². The normalized spacial score (nSPS) is 40.7. The molecule has 3 aliphatic rings. The third-order valence-electron chi connectivity index (χ3n) is 5.95. The Morgan fingerprint density at radius 1 is 1.14 bits per heavy atom. The molecule has 4 nitrogen and oxygen atoms in total. The van der Waals surface area contributed by atoms with Crippen LogP contribution in [-0.4, -0.2) is 49.2 Å². The van der Waals surface area contributed by atoms with Gasteiger partial charge < -0.3 is 15.0 Å². The number of methoxy groups -OCH3 is 1. The van der Waals surface area contributed by atoms with Gasteiger partial charge in [0.2, 0.25) is 5.91 Å². The predicted molar refractivity (Wildman–Crippen MR) is 83.1 cm³/mol. The number of hydrogen-bond acceptors (Lipinski definition) is 3. The fourth-order valence-electron chi connectivity index (χ4n) is 4.45. The van der Waals surface area contributed by atoms with E-state index in [1.54, 1.807) is 7.11 Å². The summed E-state index contributed by atoms with van der Waals surface area (Å²) in [6.07, 6.45) is 8.81. The second-order valence-electron chi connectivity index (χ2n) is 7.27. The molecular formula is C17H30N2O2. The van der Waals surface area contributed by atoms with Crippen LogP contribution in [0.2, 0.25) is 0 Å². The standard InChI is InChI=1S/C17H30N2O2/c1-12-9-10-19(11-16(12)21-2)17(20)15-8-7-13-5-3-4-6-14(13)18-15/h12-16,18H,3-11H2,1-2H3. The number of nitrogens with zero attached hydrogens (tertiary/aromatic N) is 1. The SMILES string of the molecule is COC1CN(C(=O)C2CCC3CCCCC3N2)CCC1C. The molecule has 5 unspecified atom stereocenters. The van der Waals surface area contributed by atoms with E-state index in [2.05, 4.69) is 12.2 Å². The molecule has 2 aliphatic heterocycles. The van der Waals surface area contributed by atoms with E-state index in [0.717, 1.165) is 31.8 Å². The highest BCUT2D eigenvalue weighted by Crippen LogP contribution is 2.33. The second kappa shape index (κ2) is 6.66. The Kier molecular flexibility index (Phi) is 4.85. The highest BCUT2D eigenvalue weighted by molar-refractivity contribution is 5.82. The van der Waals surface area contributed by atoms with E-state index in [1.165, 1.54) is 32.1 Å². The van der Waals surface area contributed by atoms with Crippen molar-refractivity contribution in [2.24, 2.45) is 11.8 Å². The Bertz CT molecular complexity index is 374. The van der Waals surface area contributed by atoms with Gasteiger partial charge in [0.15, 0.2) is 0 Å². The molecule has 1 amide bonds. The molecule has 120 valence electrons. The molecule has 0 aromatic rings. The van der Waals surface area contributed by atoms with Crippen LogP contribution >= 0.6 is 0 Å². The number of hydrogen-bond donors (Lipinski definition) is 1. The van der Waals surface area contributed by atoms with Gasteiger partial charge in [0.05, 0.1) is 12.1 Å². The third kappa shape index (κ3) is 3.26. The summed E-state index contributed by atoms with van der Waals surface area (Å²) < 4.78 is 5.54. The zero-order chi connectivity index (χ0) is 14.8. The molecule has 0 radical (unpaired) electrons. The summed E-state index contributed by atoms with van der Waals surface area (Å²) in [4.78, 5) is 14.8. The maximum Gasteiger partial charge on any atom is 0.239 e. The summed E-state index contributed by atoms with van der Waals surface area (Å²) in [7, 11) is 1.76. The smallest absolute Gasteiger partial charge is 0.239 e. The van der Waals surface area contributed by atoms with Gasteiger partial charge >= 0.3 is 0 Å². The second-order valence-corrected chi connectivity index (χ2v) is 7.27. The van der Waals surface area contributed by atoms with E-state index in [1.807, 2.05) is 4.90 Å². The maximum atomic E-state index is 12.8. The van der Waals surface area contributed by atoms with Crippen molar-refractivity contribution in [1.29, 1.82) is 0 Å². The van der Waals surface area contributed by atoms with Crippen LogP contribution < -0.4 is 5.32 Å². The number of ether oxygens (including phenoxy) is 1. The lowest BCUT2D eigenvalue weighted by Crippen LogP contribution is -2.58. The first kappa shape index (κ1) is 15.3. The number of likely N-dealkylation sites (tertiary alicyclic amines) is 1. The Balaban J connectivity index is 1.58. The molecule has 1 N–H and O–H groups in total. The zero-order valence-electron chi connectivity index (χ0n) is 13.5. The van der Waals surface area contributed by atoms with E-state index in [0.29, 0.717) is 17.9 Å². The van der Waals surface area contributed by atoms with Crippen molar-refractivity contribution < 1.29 is 9.53 Å². The van der Waals surface area contributed by atoms with Crippen molar-refractivity contribution in [1.82, 2.24) is 10.2 Å². The van der Waals surface area contributed by atoms with Crippen molar-refractivity contribution in [3.05, 3.63) is 0 Å². The summed E-state index contributed by atoms with van der Waals surface area (Å²) in [6, 6.07) is 0.638. The molecule has 3 rings (SSSR count). The van der Waals surface area contributed by atoms with Crippen molar-refractivity contribution in [2.75, 3.05) is 20.2 Å². The Morgan fingerprint density at radius 2 is 1.95 bits per heavy atom. The lowest BCUT2D eigenvalue weighted by molar-refractivity contribution is -0.140. The molecule has 5 atom stereocenters. The molecule has 2 saturated heterocycles. The van der Waals surface area contributed by atoms with Gasteiger partial charge in [-0.2, -0.15) is 0 Å². The van der Waals surface area contributed by atoms with Gasteiger partial charge in [0, 0.05) is 26.2 Å². The summed E-state index contributed by atoms with van der Waals surface area (Å²) in [6.45, 7) is 3.89. The molecule has 4 heteroatoms. The highest BCUT2D eigenvalue weighted by atomic mass is 16.5. The van der Waals surface area contributed by atoms with E-state index >= 15 is 0 Å². The maximum absolute atomic E-state index is 12.8. The first-order chi connectivity index (χ1) is 10.2. The van der Waals surface area contributed by atoms with Gasteiger partial charge in [-0.05, 0) is 43.9 Å². The van der Waals surface area contributed by atoms with Crippen LogP contribution in [0.1, 0.15) is 51.9 Å². The van der Waals surface area contributed by atoms with Crippen molar-refractivity contribution >= 4 is 5.91 Å². The van der Waals surface area contributed by atoms with E-state index in [4.69, 9.17) is 4.74 Å². The first-order valence-corrected chi connectivity index (χ1v) is 8.76. The molecule has 3 fully saturated rings. The third-order valence-corrected chi connectivity index (χ3v) is 5.95. The van der Waals surface area contributed by atoms with Crippen LogP contribution in [-0.2, 0) is 9.53 Å². The zero-order valence-corrected chi connectivity index (χ0v) is 13.5. The van der Waals surface area contributed by atoms with Gasteiger partial charge in [0.25, 0.3) is 0 Å². The summed E-state index contributed by atoms with van der Waals surface area (Å²) in [5, 5.41) is 3.66. The topological polar surface area (TPSA) is 41.6 Å². The van der Waals surface area contributed by atoms with Crippen LogP contribution in [0, 0.1) is 11.8 Å². The number of piperidine rings is 2. The number of fused-ring (bicyclic) bond motifs is 1. The molecule has 21 heavy (non-hydrogen) atoms. The van der Waals surface area contributed by atoms with Crippen molar-refractivity contribution in [3.8, 4) is 0 Å². The minimum atomic E-state index is 0.0512. The Labute approximate surface area is 128 Å². The van der Waals surface area contributed by atoms with E-state index < -0.39 is 0 Å². The quantitative estimate of drug-likeness (QED) is 0.849. The fourth-order valence-corrected chi connectivity index (χ4v) is 4.45. The molecule has 1 saturated carbocycles. The van der Waals surface area contributed by atoms with Crippen LogP contribution in [0.3, 0.4) is 0 Å². The molecular weight excluding hydrogens is 264 g/mol. The summed E-state index contributed by atoms with van der Waals surface area (Å²) >= 11 is 0. The minimum Gasteiger partial charge on any atom is -0.379 e. The number of carbonyl (C=O) groups excluding carboxylic acids is 1. The molecule has 0 aromatic heterocycles. The van der Waals surface area contributed by atoms with Gasteiger partial charge in [-0.1, -0.05) is 19.8 Å². The molecule has 0 bridgehead atoms. The van der Waals surface area contributed by atoms with Crippen molar-refractivity contribution in [2.45, 2.75) is 70.1 Å². The van der Waals surface area contributed by atoms with Crippen LogP contribution in [0.4, 0.5) is 0 Å². The predicted octanol–water partition coefficient (Wildman–Crippen LogP) is 2.18. The fraction of sp³-hybridized carbons (Fsp3) is 0.941. The van der Waals surface area contributed by atoms with E-state index in [9.17, 15) is 4.79 Å². The first-order valence-electron chi connectivity index (χ1n) is 8.76. The van der Waals surface area contributed by atoms with Crippen molar-refractivity contribution in [3.63, 3.8) is 0 Å². The summed E-state index contributed by atoms with van der Waals surface area (Å²) in [5.74, 6) is 1.69.